The number of piperazine rings is 1. The summed E-state index contributed by atoms with van der Waals surface area (Å²) < 4.78 is 0. The highest BCUT2D eigenvalue weighted by Crippen LogP contribution is 2.20. The number of hydrogen-bond acceptors (Lipinski definition) is 4. The third-order valence-corrected chi connectivity index (χ3v) is 7.61. The highest BCUT2D eigenvalue weighted by atomic mass is 35.5. The van der Waals surface area contributed by atoms with Gasteiger partial charge in [-0.05, 0) is 28.8 Å². The zero-order chi connectivity index (χ0) is 27.0. The van der Waals surface area contributed by atoms with Crippen molar-refractivity contribution in [2.45, 2.75) is 25.6 Å². The minimum Gasteiger partial charge on any atom is -0.361 e. The second-order valence-corrected chi connectivity index (χ2v) is 10.4. The Morgan fingerprint density at radius 3 is 2.33 bits per heavy atom. The number of halogens is 1. The van der Waals surface area contributed by atoms with Crippen LogP contribution in [-0.2, 0) is 29.1 Å². The maximum absolute atomic E-state index is 13.3. The number of nitrogens with zero attached hydrogens (tertiary/aromatic N) is 2. The molecule has 1 fully saturated rings. The fourth-order valence-corrected chi connectivity index (χ4v) is 5.27. The number of benzene rings is 3. The van der Waals surface area contributed by atoms with Crippen molar-refractivity contribution < 1.29 is 9.59 Å². The van der Waals surface area contributed by atoms with E-state index in [1.165, 1.54) is 5.56 Å². The zero-order valence-electron chi connectivity index (χ0n) is 21.9. The summed E-state index contributed by atoms with van der Waals surface area (Å²) in [6, 6.07) is 25.1. The molecule has 202 valence electrons. The topological polar surface area (TPSA) is 80.5 Å². The first kappa shape index (κ1) is 26.9. The van der Waals surface area contributed by atoms with Crippen LogP contribution in [-0.4, -0.2) is 65.4 Å². The molecule has 5 rings (SSSR count). The fraction of sp³-hybridized carbons (Fsp3) is 0.290. The predicted molar refractivity (Wildman–Crippen MR) is 155 cm³/mol. The summed E-state index contributed by atoms with van der Waals surface area (Å²) in [5.74, 6) is -0.384. The van der Waals surface area contributed by atoms with Crippen molar-refractivity contribution in [1.29, 1.82) is 0 Å². The van der Waals surface area contributed by atoms with Crippen molar-refractivity contribution >= 4 is 34.3 Å². The zero-order valence-corrected chi connectivity index (χ0v) is 22.7. The van der Waals surface area contributed by atoms with Crippen LogP contribution in [0.15, 0.2) is 85.1 Å². The molecular formula is C31H34ClN5O2. The van der Waals surface area contributed by atoms with Crippen molar-refractivity contribution in [2.75, 3.05) is 32.7 Å². The molecule has 1 unspecified atom stereocenters. The van der Waals surface area contributed by atoms with Gasteiger partial charge in [0, 0.05) is 67.8 Å². The van der Waals surface area contributed by atoms with Crippen LogP contribution in [0.4, 0.5) is 0 Å². The van der Waals surface area contributed by atoms with Gasteiger partial charge in [0.15, 0.2) is 0 Å². The molecule has 3 aromatic carbocycles. The second-order valence-electron chi connectivity index (χ2n) is 10.0. The highest BCUT2D eigenvalue weighted by molar-refractivity contribution is 6.31. The Kier molecular flexibility index (Phi) is 8.93. The number of hydrogen-bond donors (Lipinski definition) is 3. The maximum atomic E-state index is 13.3. The molecule has 3 N–H and O–H groups in total. The Morgan fingerprint density at radius 1 is 0.846 bits per heavy atom. The molecule has 0 saturated carbocycles. The van der Waals surface area contributed by atoms with Crippen molar-refractivity contribution in [3.05, 3.63) is 107 Å². The second kappa shape index (κ2) is 12.9. The van der Waals surface area contributed by atoms with Crippen LogP contribution in [0.5, 0.6) is 0 Å². The van der Waals surface area contributed by atoms with Crippen LogP contribution in [0.1, 0.15) is 16.7 Å². The van der Waals surface area contributed by atoms with Crippen LogP contribution in [0, 0.1) is 0 Å². The van der Waals surface area contributed by atoms with E-state index in [0.29, 0.717) is 18.0 Å². The number of amides is 2. The molecule has 1 atom stereocenters. The van der Waals surface area contributed by atoms with Gasteiger partial charge in [-0.15, -0.1) is 0 Å². The lowest BCUT2D eigenvalue weighted by Crippen LogP contribution is -2.53. The first-order valence-electron chi connectivity index (χ1n) is 13.4. The van der Waals surface area contributed by atoms with E-state index >= 15 is 0 Å². The minimum absolute atomic E-state index is 0.149. The number of carbonyl (C=O) groups excluding carboxylic acids is 2. The van der Waals surface area contributed by atoms with Gasteiger partial charge in [0.1, 0.15) is 6.04 Å². The first-order valence-corrected chi connectivity index (χ1v) is 13.8. The summed E-state index contributed by atoms with van der Waals surface area (Å²) in [5.41, 5.74) is 4.12. The van der Waals surface area contributed by atoms with Gasteiger partial charge in [0.2, 0.25) is 11.8 Å². The van der Waals surface area contributed by atoms with E-state index in [2.05, 4.69) is 49.7 Å². The van der Waals surface area contributed by atoms with E-state index in [1.54, 1.807) is 6.07 Å². The third kappa shape index (κ3) is 7.26. The molecule has 0 spiro atoms. The predicted octanol–water partition coefficient (Wildman–Crippen LogP) is 3.98. The summed E-state index contributed by atoms with van der Waals surface area (Å²) in [6.45, 7) is 4.90. The molecule has 1 aliphatic rings. The summed E-state index contributed by atoms with van der Waals surface area (Å²) >= 11 is 6.28. The lowest BCUT2D eigenvalue weighted by Gasteiger charge is -2.34. The highest BCUT2D eigenvalue weighted by Gasteiger charge is 2.25. The van der Waals surface area contributed by atoms with E-state index in [1.807, 2.05) is 54.7 Å². The van der Waals surface area contributed by atoms with Gasteiger partial charge in [-0.3, -0.25) is 19.4 Å². The van der Waals surface area contributed by atoms with E-state index in [4.69, 9.17) is 11.6 Å². The van der Waals surface area contributed by atoms with Crippen molar-refractivity contribution in [3.8, 4) is 0 Å². The quantitative estimate of drug-likeness (QED) is 0.283. The molecule has 0 bridgehead atoms. The van der Waals surface area contributed by atoms with Crippen molar-refractivity contribution in [3.63, 3.8) is 0 Å². The van der Waals surface area contributed by atoms with Gasteiger partial charge in [-0.2, -0.15) is 0 Å². The first-order chi connectivity index (χ1) is 19.0. The fourth-order valence-electron chi connectivity index (χ4n) is 5.07. The van der Waals surface area contributed by atoms with Gasteiger partial charge in [-0.25, -0.2) is 0 Å². The van der Waals surface area contributed by atoms with Gasteiger partial charge in [0.25, 0.3) is 0 Å². The normalized spacial score (nSPS) is 15.2. The lowest BCUT2D eigenvalue weighted by molar-refractivity contribution is -0.129. The molecule has 39 heavy (non-hydrogen) atoms. The smallest absolute Gasteiger partial charge is 0.243 e. The molecule has 2 amide bonds. The number of rotatable bonds is 10. The average Bonchev–Trinajstić information content (AvgIpc) is 3.36. The monoisotopic (exact) mass is 543 g/mol. The summed E-state index contributed by atoms with van der Waals surface area (Å²) in [5, 5.41) is 7.63. The summed E-state index contributed by atoms with van der Waals surface area (Å²) in [4.78, 5) is 34.3. The number of para-hydroxylation sites is 1. The van der Waals surface area contributed by atoms with Crippen LogP contribution >= 0.6 is 11.6 Å². The van der Waals surface area contributed by atoms with Gasteiger partial charge in [0.05, 0.1) is 6.54 Å². The van der Waals surface area contributed by atoms with Crippen LogP contribution < -0.4 is 10.6 Å². The Balaban J connectivity index is 1.20. The SMILES string of the molecule is O=C(CN1CCN(Cc2ccccc2)CC1)NC(Cc1c[nH]c2ccccc12)C(=O)NCc1ccccc1Cl. The largest absolute Gasteiger partial charge is 0.361 e. The van der Waals surface area contributed by atoms with Gasteiger partial charge in [-0.1, -0.05) is 78.3 Å². The number of H-pyrrole nitrogens is 1. The minimum atomic E-state index is -0.710. The maximum Gasteiger partial charge on any atom is 0.243 e. The van der Waals surface area contributed by atoms with Crippen LogP contribution in [0.25, 0.3) is 10.9 Å². The third-order valence-electron chi connectivity index (χ3n) is 7.24. The molecular weight excluding hydrogens is 510 g/mol. The van der Waals surface area contributed by atoms with E-state index in [0.717, 1.165) is 54.8 Å². The molecule has 8 heteroatoms. The van der Waals surface area contributed by atoms with Gasteiger partial charge >= 0.3 is 0 Å². The van der Waals surface area contributed by atoms with Gasteiger partial charge < -0.3 is 15.6 Å². The number of aromatic amines is 1. The summed E-state index contributed by atoms with van der Waals surface area (Å²) in [6.07, 6.45) is 2.30. The van der Waals surface area contributed by atoms with E-state index in [9.17, 15) is 9.59 Å². The lowest BCUT2D eigenvalue weighted by atomic mass is 10.0. The number of fused-ring (bicyclic) bond motifs is 1. The number of nitrogens with one attached hydrogen (secondary N) is 3. The summed E-state index contributed by atoms with van der Waals surface area (Å²) in [7, 11) is 0. The average molecular weight is 544 g/mol. The van der Waals surface area contributed by atoms with Crippen LogP contribution in [0.2, 0.25) is 5.02 Å². The molecule has 7 nitrogen and oxygen atoms in total. The molecule has 4 aromatic rings. The molecule has 2 heterocycles. The Hall–Kier alpha value is -3.65. The Labute approximate surface area is 234 Å². The molecule has 0 radical (unpaired) electrons. The molecule has 1 aliphatic heterocycles. The number of aromatic nitrogens is 1. The Morgan fingerprint density at radius 2 is 1.54 bits per heavy atom. The van der Waals surface area contributed by atoms with Crippen molar-refractivity contribution in [2.24, 2.45) is 0 Å². The Bertz CT molecular complexity index is 1400. The van der Waals surface area contributed by atoms with E-state index in [-0.39, 0.29) is 18.4 Å². The van der Waals surface area contributed by atoms with Crippen molar-refractivity contribution in [1.82, 2.24) is 25.4 Å². The van der Waals surface area contributed by atoms with Crippen LogP contribution in [0.3, 0.4) is 0 Å². The number of carbonyl (C=O) groups is 2. The molecule has 1 saturated heterocycles. The van der Waals surface area contributed by atoms with E-state index < -0.39 is 6.04 Å². The molecule has 1 aromatic heterocycles. The standard InChI is InChI=1S/C31H34ClN5O2/c32-27-12-6-4-10-24(27)19-34-31(39)29(18-25-20-33-28-13-7-5-11-26(25)28)35-30(38)22-37-16-14-36(15-17-37)21-23-8-2-1-3-9-23/h1-13,20,29,33H,14-19,21-22H2,(H,34,39)(H,35,38). The molecule has 0 aliphatic carbocycles.